The molecule has 0 saturated carbocycles. The summed E-state index contributed by atoms with van der Waals surface area (Å²) in [6, 6.07) is 1.78. The number of carbonyl (C=O) groups is 1. The molecule has 58 valence electrons. The third-order valence-corrected chi connectivity index (χ3v) is 2.20. The minimum absolute atomic E-state index is 0.203. The summed E-state index contributed by atoms with van der Waals surface area (Å²) >= 11 is 3.24. The van der Waals surface area contributed by atoms with E-state index in [1.54, 1.807) is 10.7 Å². The van der Waals surface area contributed by atoms with Gasteiger partial charge in [0.05, 0.1) is 0 Å². The number of hydrogen-bond acceptors (Lipinski definition) is 2. The van der Waals surface area contributed by atoms with Crippen LogP contribution in [0.5, 0.6) is 0 Å². The topological polar surface area (TPSA) is 34.9 Å². The van der Waals surface area contributed by atoms with Gasteiger partial charge in [0.2, 0.25) is 0 Å². The van der Waals surface area contributed by atoms with E-state index in [-0.39, 0.29) is 5.78 Å². The molecule has 0 saturated heterocycles. The Morgan fingerprint density at radius 1 is 1.64 bits per heavy atom. The maximum atomic E-state index is 11.2. The molecular weight excluding hydrogens is 208 g/mol. The quantitative estimate of drug-likeness (QED) is 0.659. The van der Waals surface area contributed by atoms with E-state index in [9.17, 15) is 4.79 Å². The van der Waals surface area contributed by atoms with Crippen LogP contribution in [0.15, 0.2) is 10.7 Å². The smallest absolute Gasteiger partial charge is 0.180 e. The van der Waals surface area contributed by atoms with Gasteiger partial charge in [-0.05, 0) is 22.4 Å². The molecule has 0 aliphatic carbocycles. The molecule has 0 atom stereocenters. The Bertz CT molecular complexity index is 305. The summed E-state index contributed by atoms with van der Waals surface area (Å²) in [5, 5.41) is 4.11. The standard InChI is InChI=1S/C7H7BrN2O/c8-7-4-5-6(11)2-1-3-10(5)9-7/h4H,1-3H2. The van der Waals surface area contributed by atoms with Crippen molar-refractivity contribution in [3.05, 3.63) is 16.4 Å². The van der Waals surface area contributed by atoms with Crippen LogP contribution in [0, 0.1) is 0 Å². The first-order valence-electron chi connectivity index (χ1n) is 3.54. The fourth-order valence-corrected chi connectivity index (χ4v) is 1.71. The van der Waals surface area contributed by atoms with Crippen molar-refractivity contribution in [2.75, 3.05) is 0 Å². The number of rotatable bonds is 0. The highest BCUT2D eigenvalue weighted by atomic mass is 79.9. The molecule has 1 aromatic rings. The molecule has 0 unspecified atom stereocenters. The molecule has 4 heteroatoms. The Morgan fingerprint density at radius 3 is 3.18 bits per heavy atom. The highest BCUT2D eigenvalue weighted by Gasteiger charge is 2.18. The van der Waals surface area contributed by atoms with Crippen molar-refractivity contribution in [3.63, 3.8) is 0 Å². The second kappa shape index (κ2) is 2.44. The van der Waals surface area contributed by atoms with Gasteiger partial charge in [-0.2, -0.15) is 5.10 Å². The summed E-state index contributed by atoms with van der Waals surface area (Å²) in [6.45, 7) is 0.868. The van der Waals surface area contributed by atoms with Gasteiger partial charge in [0.15, 0.2) is 5.78 Å². The Balaban J connectivity index is 2.52. The third-order valence-electron chi connectivity index (χ3n) is 1.81. The van der Waals surface area contributed by atoms with Crippen molar-refractivity contribution in [1.82, 2.24) is 9.78 Å². The van der Waals surface area contributed by atoms with Crippen LogP contribution in [0.3, 0.4) is 0 Å². The van der Waals surface area contributed by atoms with Crippen molar-refractivity contribution >= 4 is 21.7 Å². The van der Waals surface area contributed by atoms with E-state index in [1.165, 1.54) is 0 Å². The number of carbonyl (C=O) groups excluding carboxylic acids is 1. The number of hydrogen-bond donors (Lipinski definition) is 0. The molecule has 0 amide bonds. The lowest BCUT2D eigenvalue weighted by molar-refractivity contribution is 0.0951. The Morgan fingerprint density at radius 2 is 2.45 bits per heavy atom. The summed E-state index contributed by atoms with van der Waals surface area (Å²) in [6.07, 6.45) is 1.58. The Kier molecular flexibility index (Phi) is 1.56. The first kappa shape index (κ1) is 7.03. The zero-order valence-corrected chi connectivity index (χ0v) is 7.47. The van der Waals surface area contributed by atoms with Crippen molar-refractivity contribution < 1.29 is 4.79 Å². The summed E-state index contributed by atoms with van der Waals surface area (Å²) in [5.74, 6) is 0.203. The average Bonchev–Trinajstić information content (AvgIpc) is 2.31. The van der Waals surface area contributed by atoms with Crippen LogP contribution in [-0.2, 0) is 6.54 Å². The zero-order chi connectivity index (χ0) is 7.84. The maximum Gasteiger partial charge on any atom is 0.180 e. The summed E-state index contributed by atoms with van der Waals surface area (Å²) in [5.41, 5.74) is 0.739. The molecule has 2 heterocycles. The van der Waals surface area contributed by atoms with Gasteiger partial charge in [-0.25, -0.2) is 0 Å². The second-order valence-electron chi connectivity index (χ2n) is 2.60. The molecule has 0 aromatic carbocycles. The predicted octanol–water partition coefficient (Wildman–Crippen LogP) is 1.62. The maximum absolute atomic E-state index is 11.2. The molecule has 0 fully saturated rings. The SMILES string of the molecule is O=C1CCCn2nc(Br)cc21. The molecule has 2 rings (SSSR count). The second-order valence-corrected chi connectivity index (χ2v) is 3.41. The van der Waals surface area contributed by atoms with Gasteiger partial charge in [-0.1, -0.05) is 0 Å². The summed E-state index contributed by atoms with van der Waals surface area (Å²) < 4.78 is 2.51. The first-order chi connectivity index (χ1) is 5.27. The number of nitrogens with zero attached hydrogens (tertiary/aromatic N) is 2. The largest absolute Gasteiger partial charge is 0.292 e. The van der Waals surface area contributed by atoms with Crippen molar-refractivity contribution in [2.45, 2.75) is 19.4 Å². The number of aryl methyl sites for hydroxylation is 1. The van der Waals surface area contributed by atoms with Gasteiger partial charge in [-0.3, -0.25) is 9.48 Å². The number of fused-ring (bicyclic) bond motifs is 1. The zero-order valence-electron chi connectivity index (χ0n) is 5.88. The predicted molar refractivity (Wildman–Crippen MR) is 43.5 cm³/mol. The average molecular weight is 215 g/mol. The van der Waals surface area contributed by atoms with Gasteiger partial charge in [0, 0.05) is 19.0 Å². The summed E-state index contributed by atoms with van der Waals surface area (Å²) in [7, 11) is 0. The van der Waals surface area contributed by atoms with Gasteiger partial charge < -0.3 is 0 Å². The number of Topliss-reactive ketones (excluding diaryl/α,β-unsaturated/α-hetero) is 1. The van der Waals surface area contributed by atoms with Crippen LogP contribution >= 0.6 is 15.9 Å². The van der Waals surface area contributed by atoms with E-state index in [4.69, 9.17) is 0 Å². The van der Waals surface area contributed by atoms with Crippen LogP contribution in [0.25, 0.3) is 0 Å². The lowest BCUT2D eigenvalue weighted by atomic mass is 10.1. The van der Waals surface area contributed by atoms with E-state index in [0.717, 1.165) is 23.3 Å². The molecule has 1 aliphatic rings. The van der Waals surface area contributed by atoms with Crippen LogP contribution < -0.4 is 0 Å². The normalized spacial score (nSPS) is 16.6. The first-order valence-corrected chi connectivity index (χ1v) is 4.33. The van der Waals surface area contributed by atoms with Gasteiger partial charge in [0.1, 0.15) is 10.3 Å². The molecular formula is C7H7BrN2O. The fraction of sp³-hybridized carbons (Fsp3) is 0.429. The highest BCUT2D eigenvalue weighted by molar-refractivity contribution is 9.10. The lowest BCUT2D eigenvalue weighted by Gasteiger charge is -2.10. The van der Waals surface area contributed by atoms with Gasteiger partial charge in [0.25, 0.3) is 0 Å². The molecule has 0 radical (unpaired) electrons. The minimum atomic E-state index is 0.203. The van der Waals surface area contributed by atoms with E-state index >= 15 is 0 Å². The monoisotopic (exact) mass is 214 g/mol. The lowest BCUT2D eigenvalue weighted by Crippen LogP contribution is -2.16. The molecule has 11 heavy (non-hydrogen) atoms. The van der Waals surface area contributed by atoms with E-state index < -0.39 is 0 Å². The van der Waals surface area contributed by atoms with Gasteiger partial charge in [-0.15, -0.1) is 0 Å². The van der Waals surface area contributed by atoms with Crippen LogP contribution in [-0.4, -0.2) is 15.6 Å². The van der Waals surface area contributed by atoms with Crippen molar-refractivity contribution in [3.8, 4) is 0 Å². The summed E-state index contributed by atoms with van der Waals surface area (Å²) in [4.78, 5) is 11.2. The molecule has 1 aliphatic heterocycles. The number of ketones is 1. The third kappa shape index (κ3) is 1.11. The highest BCUT2D eigenvalue weighted by Crippen LogP contribution is 2.17. The minimum Gasteiger partial charge on any atom is -0.292 e. The molecule has 3 nitrogen and oxygen atoms in total. The van der Waals surface area contributed by atoms with Crippen molar-refractivity contribution in [2.24, 2.45) is 0 Å². The Hall–Kier alpha value is -0.640. The molecule has 0 bridgehead atoms. The van der Waals surface area contributed by atoms with Crippen LogP contribution in [0.4, 0.5) is 0 Å². The molecule has 1 aromatic heterocycles. The number of aromatic nitrogens is 2. The molecule has 0 N–H and O–H groups in total. The van der Waals surface area contributed by atoms with E-state index in [0.29, 0.717) is 6.42 Å². The Labute approximate surface area is 72.5 Å². The van der Waals surface area contributed by atoms with Crippen molar-refractivity contribution in [1.29, 1.82) is 0 Å². The number of halogens is 1. The van der Waals surface area contributed by atoms with E-state index in [2.05, 4.69) is 21.0 Å². The van der Waals surface area contributed by atoms with E-state index in [1.807, 2.05) is 0 Å². The van der Waals surface area contributed by atoms with Crippen LogP contribution in [0.2, 0.25) is 0 Å². The fourth-order valence-electron chi connectivity index (χ4n) is 1.30. The molecule has 0 spiro atoms. The van der Waals surface area contributed by atoms with Crippen LogP contribution in [0.1, 0.15) is 23.3 Å². The van der Waals surface area contributed by atoms with Gasteiger partial charge >= 0.3 is 0 Å².